The van der Waals surface area contributed by atoms with Crippen molar-refractivity contribution in [1.29, 1.82) is 0 Å². The van der Waals surface area contributed by atoms with Gasteiger partial charge in [0, 0.05) is 22.1 Å². The van der Waals surface area contributed by atoms with Crippen molar-refractivity contribution in [2.75, 3.05) is 10.7 Å². The quantitative estimate of drug-likeness (QED) is 0.396. The lowest BCUT2D eigenvalue weighted by atomic mass is 10.0. The van der Waals surface area contributed by atoms with E-state index in [0.29, 0.717) is 22.1 Å². The zero-order valence-corrected chi connectivity index (χ0v) is 19.8. The van der Waals surface area contributed by atoms with Gasteiger partial charge >= 0.3 is 0 Å². The Kier molecular flexibility index (Phi) is 6.11. The fourth-order valence-electron chi connectivity index (χ4n) is 3.78. The first-order valence-electron chi connectivity index (χ1n) is 9.87. The molecule has 2 aromatic carbocycles. The minimum atomic E-state index is -0.576. The summed E-state index contributed by atoms with van der Waals surface area (Å²) in [6.07, 6.45) is 1.44. The highest BCUT2D eigenvalue weighted by Gasteiger charge is 2.43. The number of hydrogen-bond donors (Lipinski definition) is 0. The van der Waals surface area contributed by atoms with Crippen LogP contribution in [0, 0.1) is 0 Å². The number of amides is 1. The molecule has 0 fully saturated rings. The van der Waals surface area contributed by atoms with E-state index < -0.39 is 6.17 Å². The van der Waals surface area contributed by atoms with Gasteiger partial charge in [0.15, 0.2) is 0 Å². The van der Waals surface area contributed by atoms with Crippen LogP contribution in [0.3, 0.4) is 0 Å². The standard InChI is InChI=1S/C23H21BrN4O2S/c1-4-31-23-25-21(30)20-18-13-17(24)10-11-19(18)27(15(3)29)22(28(20)26-23)14(2)12-16-8-6-5-7-9-16/h5-13,22H,4H2,1-3H3/b14-12+. The predicted octanol–water partition coefficient (Wildman–Crippen LogP) is 4.35. The zero-order valence-electron chi connectivity index (χ0n) is 17.4. The van der Waals surface area contributed by atoms with Gasteiger partial charge in [-0.25, -0.2) is 9.88 Å². The summed E-state index contributed by atoms with van der Waals surface area (Å²) in [6, 6.07) is 15.4. The fourth-order valence-corrected chi connectivity index (χ4v) is 4.69. The number of nitrogens with zero attached hydrogens (tertiary/aromatic N) is 4. The first-order chi connectivity index (χ1) is 14.9. The molecule has 0 N–H and O–H groups in total. The molecule has 1 aliphatic heterocycles. The van der Waals surface area contributed by atoms with E-state index in [-0.39, 0.29) is 11.8 Å². The predicted molar refractivity (Wildman–Crippen MR) is 123 cm³/mol. The van der Waals surface area contributed by atoms with Crippen molar-refractivity contribution in [3.05, 3.63) is 64.1 Å². The summed E-state index contributed by atoms with van der Waals surface area (Å²) in [5, 5.41) is 18.2. The maximum Gasteiger partial charge on any atom is 0.289 e. The van der Waals surface area contributed by atoms with Crippen molar-refractivity contribution in [1.82, 2.24) is 10.1 Å². The Hall–Kier alpha value is -2.71. The third kappa shape index (κ3) is 4.09. The molecule has 1 atom stereocenters. The van der Waals surface area contributed by atoms with Gasteiger partial charge in [0.05, 0.1) is 17.1 Å². The molecule has 2 heterocycles. The monoisotopic (exact) mass is 496 g/mol. The first-order valence-corrected chi connectivity index (χ1v) is 11.6. The van der Waals surface area contributed by atoms with Crippen LogP contribution in [0.5, 0.6) is 5.88 Å². The molecule has 0 spiro atoms. The molecule has 0 bridgehead atoms. The van der Waals surface area contributed by atoms with Crippen LogP contribution >= 0.6 is 27.7 Å². The van der Waals surface area contributed by atoms with Gasteiger partial charge < -0.3 is 5.11 Å². The van der Waals surface area contributed by atoms with Crippen molar-refractivity contribution in [2.24, 2.45) is 0 Å². The summed E-state index contributed by atoms with van der Waals surface area (Å²) in [7, 11) is 0. The first kappa shape index (κ1) is 21.5. The van der Waals surface area contributed by atoms with Crippen LogP contribution in [-0.4, -0.2) is 21.7 Å². The van der Waals surface area contributed by atoms with Gasteiger partial charge in [-0.3, -0.25) is 4.79 Å². The molecule has 0 aliphatic carbocycles. The summed E-state index contributed by atoms with van der Waals surface area (Å²) >= 11 is 4.88. The molecule has 1 aromatic heterocycles. The van der Waals surface area contributed by atoms with Crippen LogP contribution in [0.25, 0.3) is 17.3 Å². The number of halogens is 1. The number of hydrogen-bond acceptors (Lipinski definition) is 5. The number of benzene rings is 2. The van der Waals surface area contributed by atoms with E-state index in [0.717, 1.165) is 21.4 Å². The Labute approximate surface area is 193 Å². The van der Waals surface area contributed by atoms with Crippen molar-refractivity contribution >= 4 is 45.4 Å². The second-order valence-corrected chi connectivity index (χ2v) is 9.30. The van der Waals surface area contributed by atoms with Gasteiger partial charge in [0.2, 0.25) is 5.91 Å². The zero-order chi connectivity index (χ0) is 22.1. The van der Waals surface area contributed by atoms with Crippen LogP contribution in [0.15, 0.2) is 63.7 Å². The molecule has 6 nitrogen and oxygen atoms in total. The van der Waals surface area contributed by atoms with E-state index >= 15 is 0 Å². The molecule has 3 aromatic rings. The summed E-state index contributed by atoms with van der Waals surface area (Å²) in [5.41, 5.74) is 3.56. The SMILES string of the molecule is CCSc1nc([O-])c2[n+](n1)C(/C(C)=C/c1ccccc1)N(C(C)=O)c1ccc(Br)cc1-2. The highest BCUT2D eigenvalue weighted by atomic mass is 79.9. The summed E-state index contributed by atoms with van der Waals surface area (Å²) < 4.78 is 2.46. The molecule has 1 aliphatic rings. The van der Waals surface area contributed by atoms with Crippen molar-refractivity contribution in [2.45, 2.75) is 32.1 Å². The van der Waals surface area contributed by atoms with Gasteiger partial charge in [-0.1, -0.05) is 69.6 Å². The maximum atomic E-state index is 13.1. The van der Waals surface area contributed by atoms with E-state index in [1.54, 1.807) is 9.58 Å². The minimum Gasteiger partial charge on any atom is -0.854 e. The Bertz CT molecular complexity index is 1180. The van der Waals surface area contributed by atoms with E-state index in [4.69, 9.17) is 0 Å². The van der Waals surface area contributed by atoms with E-state index in [2.05, 4.69) is 26.0 Å². The lowest BCUT2D eigenvalue weighted by Gasteiger charge is -2.33. The van der Waals surface area contributed by atoms with Crippen LogP contribution in [0.2, 0.25) is 0 Å². The summed E-state index contributed by atoms with van der Waals surface area (Å²) in [6.45, 7) is 5.46. The molecule has 0 radical (unpaired) electrons. The number of anilines is 1. The topological polar surface area (TPSA) is 73.0 Å². The van der Waals surface area contributed by atoms with E-state index in [1.807, 2.05) is 68.5 Å². The number of aromatic nitrogens is 3. The molecule has 31 heavy (non-hydrogen) atoms. The maximum absolute atomic E-state index is 13.1. The average molecular weight is 497 g/mol. The lowest BCUT2D eigenvalue weighted by molar-refractivity contribution is -0.764. The number of carbonyl (C=O) groups excluding carboxylic acids is 1. The van der Waals surface area contributed by atoms with E-state index in [9.17, 15) is 9.90 Å². The molecule has 1 unspecified atom stereocenters. The number of carbonyl (C=O) groups is 1. The Morgan fingerprint density at radius 1 is 1.26 bits per heavy atom. The highest BCUT2D eigenvalue weighted by Crippen LogP contribution is 2.42. The average Bonchev–Trinajstić information content (AvgIpc) is 2.73. The largest absolute Gasteiger partial charge is 0.854 e. The van der Waals surface area contributed by atoms with Crippen LogP contribution in [0.1, 0.15) is 32.5 Å². The Morgan fingerprint density at radius 2 is 2.00 bits per heavy atom. The summed E-state index contributed by atoms with van der Waals surface area (Å²) in [5.74, 6) is 0.246. The molecule has 8 heteroatoms. The van der Waals surface area contributed by atoms with Gasteiger partial charge in [-0.15, -0.1) is 0 Å². The minimum absolute atomic E-state index is 0.136. The molecule has 4 rings (SSSR count). The van der Waals surface area contributed by atoms with E-state index in [1.165, 1.54) is 18.7 Å². The molecule has 0 saturated heterocycles. The Balaban J connectivity index is 2.01. The van der Waals surface area contributed by atoms with Crippen LogP contribution < -0.4 is 14.7 Å². The van der Waals surface area contributed by atoms with Gasteiger partial charge in [-0.05, 0) is 42.5 Å². The molecular formula is C23H21BrN4O2S. The highest BCUT2D eigenvalue weighted by molar-refractivity contribution is 9.10. The number of thioether (sulfide) groups is 1. The lowest BCUT2D eigenvalue weighted by Crippen LogP contribution is -2.58. The van der Waals surface area contributed by atoms with Gasteiger partial charge in [0.1, 0.15) is 0 Å². The second-order valence-electron chi connectivity index (χ2n) is 7.15. The van der Waals surface area contributed by atoms with Gasteiger partial charge in [0.25, 0.3) is 17.0 Å². The normalized spacial score (nSPS) is 15.4. The fraction of sp³-hybridized carbons (Fsp3) is 0.217. The third-order valence-electron chi connectivity index (χ3n) is 4.99. The number of fused-ring (bicyclic) bond motifs is 3. The van der Waals surface area contributed by atoms with Crippen molar-refractivity contribution in [3.63, 3.8) is 0 Å². The molecule has 1 amide bonds. The Morgan fingerprint density at radius 3 is 2.68 bits per heavy atom. The van der Waals surface area contributed by atoms with Crippen LogP contribution in [-0.2, 0) is 4.79 Å². The van der Waals surface area contributed by atoms with Crippen LogP contribution in [0.4, 0.5) is 5.69 Å². The summed E-state index contributed by atoms with van der Waals surface area (Å²) in [4.78, 5) is 18.7. The molecule has 0 saturated carbocycles. The van der Waals surface area contributed by atoms with Crippen molar-refractivity contribution < 1.29 is 14.6 Å². The second kappa shape index (κ2) is 8.80. The van der Waals surface area contributed by atoms with Gasteiger partial charge in [-0.2, -0.15) is 0 Å². The number of rotatable bonds is 4. The van der Waals surface area contributed by atoms with Crippen molar-refractivity contribution in [3.8, 4) is 17.1 Å². The molecule has 158 valence electrons. The smallest absolute Gasteiger partial charge is 0.289 e. The third-order valence-corrected chi connectivity index (χ3v) is 6.20. The molecular weight excluding hydrogens is 476 g/mol.